The summed E-state index contributed by atoms with van der Waals surface area (Å²) in [5.41, 5.74) is 2.14. The van der Waals surface area contributed by atoms with Crippen molar-refractivity contribution in [1.29, 1.82) is 0 Å². The van der Waals surface area contributed by atoms with E-state index < -0.39 is 11.1 Å². The molecule has 2 rings (SSSR count). The van der Waals surface area contributed by atoms with Crippen LogP contribution >= 0.6 is 0 Å². The summed E-state index contributed by atoms with van der Waals surface area (Å²) in [5, 5.41) is 0. The molecule has 0 bridgehead atoms. The Hall–Kier alpha value is -0.850. The third kappa shape index (κ3) is 2.93. The van der Waals surface area contributed by atoms with Crippen molar-refractivity contribution in [2.45, 2.75) is 39.1 Å². The standard InChI is InChI=1S/C12H19N3O2S/c1-8(2)5-15-6-11-10(9(15)3)4-13-12(14-11)7-18(16)17/h4,8-9H,5-7H2,1-3H3,(H,16,17). The average Bonchev–Trinajstić information content (AvgIpc) is 2.54. The van der Waals surface area contributed by atoms with Crippen molar-refractivity contribution in [1.82, 2.24) is 14.9 Å². The minimum atomic E-state index is -1.88. The molecule has 1 aromatic heterocycles. The minimum Gasteiger partial charge on any atom is -0.306 e. The molecule has 2 atom stereocenters. The van der Waals surface area contributed by atoms with Crippen molar-refractivity contribution >= 4 is 11.1 Å². The van der Waals surface area contributed by atoms with Crippen molar-refractivity contribution in [3.63, 3.8) is 0 Å². The molecule has 1 aromatic rings. The number of hydrogen-bond donors (Lipinski definition) is 1. The molecule has 1 aliphatic rings. The van der Waals surface area contributed by atoms with Gasteiger partial charge >= 0.3 is 0 Å². The van der Waals surface area contributed by atoms with Gasteiger partial charge in [0.15, 0.2) is 11.1 Å². The molecule has 18 heavy (non-hydrogen) atoms. The van der Waals surface area contributed by atoms with Gasteiger partial charge in [-0.2, -0.15) is 0 Å². The Morgan fingerprint density at radius 2 is 2.33 bits per heavy atom. The number of rotatable bonds is 4. The molecule has 2 heterocycles. The van der Waals surface area contributed by atoms with E-state index in [0.29, 0.717) is 17.8 Å². The number of hydrogen-bond acceptors (Lipinski definition) is 4. The second kappa shape index (κ2) is 5.42. The van der Waals surface area contributed by atoms with Gasteiger partial charge in [0.25, 0.3) is 0 Å². The van der Waals surface area contributed by atoms with Crippen LogP contribution in [0.5, 0.6) is 0 Å². The van der Waals surface area contributed by atoms with Gasteiger partial charge in [-0.15, -0.1) is 0 Å². The lowest BCUT2D eigenvalue weighted by Gasteiger charge is -2.22. The van der Waals surface area contributed by atoms with Crippen molar-refractivity contribution in [2.75, 3.05) is 6.54 Å². The SMILES string of the molecule is CC(C)CN1Cc2nc(CS(=O)O)ncc2C1C. The Labute approximate surface area is 110 Å². The molecule has 0 saturated carbocycles. The fourth-order valence-corrected chi connectivity index (χ4v) is 2.70. The summed E-state index contributed by atoms with van der Waals surface area (Å²) >= 11 is -1.88. The van der Waals surface area contributed by atoms with E-state index in [1.165, 1.54) is 0 Å². The quantitative estimate of drug-likeness (QED) is 0.843. The van der Waals surface area contributed by atoms with Crippen molar-refractivity contribution < 1.29 is 8.76 Å². The topological polar surface area (TPSA) is 66.3 Å². The first kappa shape index (κ1) is 13.6. The zero-order chi connectivity index (χ0) is 13.3. The maximum Gasteiger partial charge on any atom is 0.160 e. The third-order valence-electron chi connectivity index (χ3n) is 3.15. The molecule has 100 valence electrons. The molecule has 0 aliphatic carbocycles. The molecule has 0 radical (unpaired) electrons. The van der Waals surface area contributed by atoms with E-state index in [2.05, 4.69) is 35.6 Å². The first-order valence-electron chi connectivity index (χ1n) is 6.13. The zero-order valence-corrected chi connectivity index (χ0v) is 11.8. The molecular weight excluding hydrogens is 250 g/mol. The van der Waals surface area contributed by atoms with Gasteiger partial charge in [0, 0.05) is 30.9 Å². The van der Waals surface area contributed by atoms with E-state index in [0.717, 1.165) is 24.3 Å². The lowest BCUT2D eigenvalue weighted by atomic mass is 10.1. The Balaban J connectivity index is 2.17. The number of nitrogens with zero attached hydrogens (tertiary/aromatic N) is 3. The highest BCUT2D eigenvalue weighted by atomic mass is 32.2. The molecule has 5 nitrogen and oxygen atoms in total. The summed E-state index contributed by atoms with van der Waals surface area (Å²) in [6.07, 6.45) is 1.80. The van der Waals surface area contributed by atoms with Gasteiger partial charge in [-0.05, 0) is 12.8 Å². The predicted molar refractivity (Wildman–Crippen MR) is 70.2 cm³/mol. The fourth-order valence-electron chi connectivity index (χ4n) is 2.34. The van der Waals surface area contributed by atoms with Gasteiger partial charge in [-0.25, -0.2) is 14.2 Å². The molecule has 0 amide bonds. The zero-order valence-electron chi connectivity index (χ0n) is 11.0. The molecule has 1 aliphatic heterocycles. The van der Waals surface area contributed by atoms with Crippen LogP contribution in [0.4, 0.5) is 0 Å². The van der Waals surface area contributed by atoms with E-state index in [4.69, 9.17) is 4.55 Å². The van der Waals surface area contributed by atoms with E-state index >= 15 is 0 Å². The first-order chi connectivity index (χ1) is 8.47. The van der Waals surface area contributed by atoms with Crippen molar-refractivity contribution in [3.8, 4) is 0 Å². The van der Waals surface area contributed by atoms with Gasteiger partial charge in [0.05, 0.1) is 5.69 Å². The van der Waals surface area contributed by atoms with Crippen LogP contribution in [0.3, 0.4) is 0 Å². The summed E-state index contributed by atoms with van der Waals surface area (Å²) in [6.45, 7) is 8.38. The highest BCUT2D eigenvalue weighted by Crippen LogP contribution is 2.32. The lowest BCUT2D eigenvalue weighted by molar-refractivity contribution is 0.202. The smallest absolute Gasteiger partial charge is 0.160 e. The van der Waals surface area contributed by atoms with Gasteiger partial charge in [-0.3, -0.25) is 4.90 Å². The largest absolute Gasteiger partial charge is 0.306 e. The van der Waals surface area contributed by atoms with E-state index in [9.17, 15) is 4.21 Å². The van der Waals surface area contributed by atoms with Crippen LogP contribution in [0.2, 0.25) is 0 Å². The van der Waals surface area contributed by atoms with Crippen LogP contribution in [0, 0.1) is 5.92 Å². The summed E-state index contributed by atoms with van der Waals surface area (Å²) in [5.74, 6) is 1.07. The molecular formula is C12H19N3O2S. The second-order valence-corrected chi connectivity index (χ2v) is 6.09. The average molecular weight is 269 g/mol. The Morgan fingerprint density at radius 3 is 2.94 bits per heavy atom. The third-order valence-corrected chi connectivity index (χ3v) is 3.66. The van der Waals surface area contributed by atoms with Crippen LogP contribution in [-0.2, 0) is 23.4 Å². The highest BCUT2D eigenvalue weighted by Gasteiger charge is 2.28. The highest BCUT2D eigenvalue weighted by molar-refractivity contribution is 7.78. The molecule has 1 N–H and O–H groups in total. The summed E-state index contributed by atoms with van der Waals surface area (Å²) in [4.78, 5) is 10.9. The van der Waals surface area contributed by atoms with Gasteiger partial charge in [0.2, 0.25) is 0 Å². The van der Waals surface area contributed by atoms with Crippen LogP contribution in [0.15, 0.2) is 6.20 Å². The van der Waals surface area contributed by atoms with Gasteiger partial charge in [-0.1, -0.05) is 13.8 Å². The van der Waals surface area contributed by atoms with Gasteiger partial charge in [0.1, 0.15) is 11.6 Å². The van der Waals surface area contributed by atoms with E-state index in [-0.39, 0.29) is 5.75 Å². The number of fused-ring (bicyclic) bond motifs is 1. The van der Waals surface area contributed by atoms with Crippen molar-refractivity contribution in [2.24, 2.45) is 5.92 Å². The van der Waals surface area contributed by atoms with Crippen molar-refractivity contribution in [3.05, 3.63) is 23.3 Å². The Morgan fingerprint density at radius 1 is 1.61 bits per heavy atom. The van der Waals surface area contributed by atoms with Crippen LogP contribution in [0.1, 0.15) is 43.9 Å². The molecule has 0 aromatic carbocycles. The summed E-state index contributed by atoms with van der Waals surface area (Å²) < 4.78 is 19.6. The fraction of sp³-hybridized carbons (Fsp3) is 0.667. The lowest BCUT2D eigenvalue weighted by Crippen LogP contribution is -2.24. The van der Waals surface area contributed by atoms with Crippen LogP contribution in [-0.4, -0.2) is 30.2 Å². The van der Waals surface area contributed by atoms with Crippen LogP contribution < -0.4 is 0 Å². The second-order valence-electron chi connectivity index (χ2n) is 5.15. The first-order valence-corrected chi connectivity index (χ1v) is 7.41. The molecule has 0 spiro atoms. The van der Waals surface area contributed by atoms with E-state index in [1.54, 1.807) is 6.20 Å². The molecule has 2 unspecified atom stereocenters. The molecule has 0 fully saturated rings. The normalized spacial score (nSPS) is 21.3. The Kier molecular flexibility index (Phi) is 4.09. The monoisotopic (exact) mass is 269 g/mol. The van der Waals surface area contributed by atoms with E-state index in [1.807, 2.05) is 0 Å². The Bertz CT molecular complexity index is 465. The van der Waals surface area contributed by atoms with Gasteiger partial charge < -0.3 is 4.55 Å². The summed E-state index contributed by atoms with van der Waals surface area (Å²) in [6, 6.07) is 0.330. The maximum absolute atomic E-state index is 10.8. The predicted octanol–water partition coefficient (Wildman–Crippen LogP) is 1.73. The molecule has 0 saturated heterocycles. The maximum atomic E-state index is 10.8. The minimum absolute atomic E-state index is 0.00580. The number of aromatic nitrogens is 2. The van der Waals surface area contributed by atoms with Crippen LogP contribution in [0.25, 0.3) is 0 Å². The summed E-state index contributed by atoms with van der Waals surface area (Å²) in [7, 11) is 0. The molecule has 6 heteroatoms.